The van der Waals surface area contributed by atoms with Crippen LogP contribution < -0.4 is 0 Å². The summed E-state index contributed by atoms with van der Waals surface area (Å²) in [5, 5.41) is 17.0. The van der Waals surface area contributed by atoms with E-state index < -0.39 is 0 Å². The van der Waals surface area contributed by atoms with Gasteiger partial charge in [-0.25, -0.2) is 0 Å². The van der Waals surface area contributed by atoms with Crippen molar-refractivity contribution in [3.8, 4) is 12.1 Å². The summed E-state index contributed by atoms with van der Waals surface area (Å²) in [6, 6.07) is 4.28. The minimum Gasteiger partial charge on any atom is -0.198 e. The van der Waals surface area contributed by atoms with Gasteiger partial charge in [0.15, 0.2) is 0 Å². The number of thioether (sulfide) groups is 4. The molecule has 0 fully saturated rings. The fourth-order valence-corrected chi connectivity index (χ4v) is 6.21. The number of rotatable bonds is 6. The highest BCUT2D eigenvalue weighted by Gasteiger charge is 2.20. The Morgan fingerprint density at radius 2 is 1.44 bits per heavy atom. The van der Waals surface area contributed by atoms with Gasteiger partial charge in [0.2, 0.25) is 0 Å². The van der Waals surface area contributed by atoms with Crippen molar-refractivity contribution in [3.63, 3.8) is 0 Å². The Bertz CT molecular complexity index is 341. The molecule has 0 aromatic carbocycles. The van der Waals surface area contributed by atoms with Gasteiger partial charge in [0, 0.05) is 28.6 Å². The third kappa shape index (κ3) is 4.80. The van der Waals surface area contributed by atoms with Crippen LogP contribution in [-0.2, 0) is 0 Å². The predicted molar refractivity (Wildman–Crippen MR) is 76.7 cm³/mol. The molecule has 1 heterocycles. The standard InChI is InChI=1S/C10H10N2S4/c1-8-15-9(13-6-2-4-11)10(16-8)14-7-3-5-12/h1-3,6-7H2. The molecule has 1 rings (SSSR count). The van der Waals surface area contributed by atoms with E-state index in [0.717, 1.165) is 15.7 Å². The molecule has 16 heavy (non-hydrogen) atoms. The topological polar surface area (TPSA) is 47.6 Å². The van der Waals surface area contributed by atoms with E-state index in [0.29, 0.717) is 12.8 Å². The van der Waals surface area contributed by atoms with Gasteiger partial charge in [-0.15, -0.1) is 23.5 Å². The van der Waals surface area contributed by atoms with Gasteiger partial charge in [-0.1, -0.05) is 30.1 Å². The van der Waals surface area contributed by atoms with Crippen molar-refractivity contribution >= 4 is 47.0 Å². The molecule has 1 aliphatic rings. The van der Waals surface area contributed by atoms with Gasteiger partial charge in [0.05, 0.1) is 20.6 Å². The van der Waals surface area contributed by atoms with Crippen molar-refractivity contribution in [1.82, 2.24) is 0 Å². The summed E-state index contributed by atoms with van der Waals surface area (Å²) in [5.74, 6) is 1.66. The van der Waals surface area contributed by atoms with Crippen LogP contribution in [0.4, 0.5) is 0 Å². The summed E-state index contributed by atoms with van der Waals surface area (Å²) in [6.07, 6.45) is 1.14. The molecule has 0 aromatic rings. The van der Waals surface area contributed by atoms with Crippen molar-refractivity contribution in [2.45, 2.75) is 12.8 Å². The molecule has 0 aromatic heterocycles. The van der Waals surface area contributed by atoms with Crippen LogP contribution in [0.25, 0.3) is 0 Å². The average molecular weight is 286 g/mol. The number of hydrogen-bond donors (Lipinski definition) is 0. The second kappa shape index (κ2) is 8.03. The Morgan fingerprint density at radius 1 is 1.00 bits per heavy atom. The minimum atomic E-state index is 0.571. The lowest BCUT2D eigenvalue weighted by Gasteiger charge is -2.01. The zero-order chi connectivity index (χ0) is 11.8. The molecule has 2 nitrogen and oxygen atoms in total. The third-order valence-electron chi connectivity index (χ3n) is 1.47. The van der Waals surface area contributed by atoms with E-state index >= 15 is 0 Å². The highest BCUT2D eigenvalue weighted by Crippen LogP contribution is 2.56. The smallest absolute Gasteiger partial charge is 0.0660 e. The molecule has 0 saturated carbocycles. The van der Waals surface area contributed by atoms with E-state index in [9.17, 15) is 0 Å². The van der Waals surface area contributed by atoms with E-state index in [4.69, 9.17) is 10.5 Å². The molecule has 0 amide bonds. The molecule has 0 spiro atoms. The Hall–Kier alpha value is -0.140. The molecular formula is C10H10N2S4. The average Bonchev–Trinajstić information content (AvgIpc) is 2.60. The lowest BCUT2D eigenvalue weighted by molar-refractivity contribution is 1.24. The lowest BCUT2D eigenvalue weighted by Crippen LogP contribution is -1.79. The normalized spacial score (nSPS) is 15.0. The fraction of sp³-hybridized carbons (Fsp3) is 0.400. The Labute approximate surface area is 113 Å². The molecule has 0 aliphatic carbocycles. The molecular weight excluding hydrogens is 276 g/mol. The summed E-state index contributed by atoms with van der Waals surface area (Å²) >= 11 is 6.79. The largest absolute Gasteiger partial charge is 0.198 e. The number of nitriles is 2. The molecule has 0 radical (unpaired) electrons. The maximum atomic E-state index is 8.48. The fourth-order valence-electron chi connectivity index (χ4n) is 0.866. The van der Waals surface area contributed by atoms with Crippen molar-refractivity contribution in [2.75, 3.05) is 11.5 Å². The maximum absolute atomic E-state index is 8.48. The minimum absolute atomic E-state index is 0.571. The Balaban J connectivity index is 2.46. The van der Waals surface area contributed by atoms with Crippen LogP contribution in [0.1, 0.15) is 12.8 Å². The highest BCUT2D eigenvalue weighted by atomic mass is 32.3. The van der Waals surface area contributed by atoms with Gasteiger partial charge < -0.3 is 0 Å². The van der Waals surface area contributed by atoms with Gasteiger partial charge in [0.25, 0.3) is 0 Å². The van der Waals surface area contributed by atoms with Crippen LogP contribution in [0.15, 0.2) is 19.3 Å². The quantitative estimate of drug-likeness (QED) is 0.676. The molecule has 0 bridgehead atoms. The monoisotopic (exact) mass is 286 g/mol. The predicted octanol–water partition coefficient (Wildman–Crippen LogP) is 4.36. The lowest BCUT2D eigenvalue weighted by atomic mass is 10.6. The van der Waals surface area contributed by atoms with E-state index in [1.807, 2.05) is 0 Å². The van der Waals surface area contributed by atoms with Gasteiger partial charge in [0.1, 0.15) is 0 Å². The van der Waals surface area contributed by atoms with Crippen LogP contribution in [-0.4, -0.2) is 11.5 Å². The van der Waals surface area contributed by atoms with E-state index in [-0.39, 0.29) is 0 Å². The van der Waals surface area contributed by atoms with Crippen LogP contribution in [0.5, 0.6) is 0 Å². The SMILES string of the molecule is C=C1SC(SCCC#N)=C(SCCC#N)S1. The number of hydrogen-bond acceptors (Lipinski definition) is 6. The molecule has 0 atom stereocenters. The van der Waals surface area contributed by atoms with Crippen molar-refractivity contribution < 1.29 is 0 Å². The second-order valence-corrected chi connectivity index (χ2v) is 7.86. The zero-order valence-corrected chi connectivity index (χ0v) is 11.8. The van der Waals surface area contributed by atoms with Gasteiger partial charge in [-0.3, -0.25) is 0 Å². The molecule has 1 aliphatic heterocycles. The summed E-state index contributed by atoms with van der Waals surface area (Å²) in [7, 11) is 0. The van der Waals surface area contributed by atoms with Crippen LogP contribution in [0.2, 0.25) is 0 Å². The summed E-state index contributed by atoms with van der Waals surface area (Å²) in [4.78, 5) is 0. The number of nitrogens with zero attached hydrogens (tertiary/aromatic N) is 2. The first-order chi connectivity index (χ1) is 7.77. The Kier molecular flexibility index (Phi) is 6.98. The molecule has 84 valence electrons. The van der Waals surface area contributed by atoms with E-state index in [1.54, 1.807) is 47.0 Å². The Morgan fingerprint density at radius 3 is 1.81 bits per heavy atom. The van der Waals surface area contributed by atoms with Crippen molar-refractivity contribution in [3.05, 3.63) is 19.3 Å². The van der Waals surface area contributed by atoms with Crippen molar-refractivity contribution in [2.24, 2.45) is 0 Å². The molecule has 0 saturated heterocycles. The van der Waals surface area contributed by atoms with Gasteiger partial charge in [-0.05, 0) is 0 Å². The van der Waals surface area contributed by atoms with Crippen molar-refractivity contribution in [1.29, 1.82) is 10.5 Å². The molecule has 0 unspecified atom stereocenters. The van der Waals surface area contributed by atoms with Crippen LogP contribution in [0, 0.1) is 22.7 Å². The van der Waals surface area contributed by atoms with Crippen LogP contribution in [0.3, 0.4) is 0 Å². The summed E-state index contributed by atoms with van der Waals surface area (Å²) < 4.78 is 3.57. The first kappa shape index (κ1) is 13.9. The van der Waals surface area contributed by atoms with Gasteiger partial charge >= 0.3 is 0 Å². The summed E-state index contributed by atoms with van der Waals surface area (Å²) in [6.45, 7) is 3.94. The highest BCUT2D eigenvalue weighted by molar-refractivity contribution is 8.40. The third-order valence-corrected chi connectivity index (χ3v) is 6.68. The molecule has 6 heteroatoms. The van der Waals surface area contributed by atoms with Crippen LogP contribution >= 0.6 is 47.0 Å². The first-order valence-electron chi connectivity index (χ1n) is 4.56. The first-order valence-corrected chi connectivity index (χ1v) is 8.16. The maximum Gasteiger partial charge on any atom is 0.0660 e. The van der Waals surface area contributed by atoms with Gasteiger partial charge in [-0.2, -0.15) is 10.5 Å². The molecule has 0 N–H and O–H groups in total. The summed E-state index contributed by atoms with van der Waals surface area (Å²) in [5.41, 5.74) is 0. The van der Waals surface area contributed by atoms with E-state index in [1.165, 1.54) is 8.47 Å². The zero-order valence-electron chi connectivity index (χ0n) is 8.56. The van der Waals surface area contributed by atoms with E-state index in [2.05, 4.69) is 18.7 Å². The second-order valence-electron chi connectivity index (χ2n) is 2.66.